The molecule has 0 spiro atoms. The van der Waals surface area contributed by atoms with E-state index in [4.69, 9.17) is 5.73 Å². The van der Waals surface area contributed by atoms with E-state index in [1.807, 2.05) is 0 Å². The fourth-order valence-electron chi connectivity index (χ4n) is 1.00. The molecule has 96 valence electrons. The number of anilines is 1. The Morgan fingerprint density at radius 1 is 1.41 bits per heavy atom. The van der Waals surface area contributed by atoms with E-state index < -0.39 is 33.7 Å². The molecule has 0 amide bonds. The van der Waals surface area contributed by atoms with Gasteiger partial charge in [0.25, 0.3) is 6.43 Å². The minimum Gasteiger partial charge on any atom is -0.398 e. The van der Waals surface area contributed by atoms with Crippen LogP contribution in [0.5, 0.6) is 0 Å². The van der Waals surface area contributed by atoms with Crippen molar-refractivity contribution in [3.8, 4) is 0 Å². The van der Waals surface area contributed by atoms with E-state index in [2.05, 4.69) is 15.9 Å². The lowest BCUT2D eigenvalue weighted by atomic mass is 10.3. The van der Waals surface area contributed by atoms with Crippen molar-refractivity contribution in [1.82, 2.24) is 4.72 Å². The molecule has 1 aromatic carbocycles. The lowest BCUT2D eigenvalue weighted by Gasteiger charge is -2.08. The predicted molar refractivity (Wildman–Crippen MR) is 59.7 cm³/mol. The quantitative estimate of drug-likeness (QED) is 0.824. The summed E-state index contributed by atoms with van der Waals surface area (Å²) in [5.74, 6) is -1.08. The van der Waals surface area contributed by atoms with Crippen LogP contribution in [0.1, 0.15) is 0 Å². The van der Waals surface area contributed by atoms with Crippen molar-refractivity contribution in [3.63, 3.8) is 0 Å². The molecule has 0 aliphatic carbocycles. The average Bonchev–Trinajstić information content (AvgIpc) is 2.20. The third-order valence-corrected chi connectivity index (χ3v) is 3.89. The number of alkyl halides is 2. The number of nitrogens with two attached hydrogens (primary N) is 1. The Morgan fingerprint density at radius 3 is 2.53 bits per heavy atom. The molecular formula is C8H8BrF3N2O2S. The maximum absolute atomic E-state index is 13.4. The van der Waals surface area contributed by atoms with Gasteiger partial charge in [0.1, 0.15) is 10.7 Å². The van der Waals surface area contributed by atoms with Crippen molar-refractivity contribution < 1.29 is 21.6 Å². The van der Waals surface area contributed by atoms with Crippen LogP contribution in [-0.4, -0.2) is 21.4 Å². The van der Waals surface area contributed by atoms with E-state index in [1.165, 1.54) is 0 Å². The SMILES string of the molecule is Nc1cc(S(=O)(=O)NCC(F)F)c(F)cc1Br. The molecule has 17 heavy (non-hydrogen) atoms. The van der Waals surface area contributed by atoms with Crippen LogP contribution < -0.4 is 10.5 Å². The van der Waals surface area contributed by atoms with E-state index >= 15 is 0 Å². The van der Waals surface area contributed by atoms with Crippen LogP contribution in [0, 0.1) is 5.82 Å². The Kier molecular flexibility index (Phi) is 4.39. The molecule has 0 aromatic heterocycles. The highest BCUT2D eigenvalue weighted by atomic mass is 79.9. The molecule has 0 saturated carbocycles. The van der Waals surface area contributed by atoms with Gasteiger partial charge in [0.15, 0.2) is 0 Å². The molecule has 0 unspecified atom stereocenters. The minimum atomic E-state index is -4.33. The lowest BCUT2D eigenvalue weighted by molar-refractivity contribution is 0.153. The maximum atomic E-state index is 13.4. The van der Waals surface area contributed by atoms with Crippen LogP contribution in [0.4, 0.5) is 18.9 Å². The fraction of sp³-hybridized carbons (Fsp3) is 0.250. The topological polar surface area (TPSA) is 72.2 Å². The predicted octanol–water partition coefficient (Wildman–Crippen LogP) is 1.71. The molecule has 1 rings (SSSR count). The van der Waals surface area contributed by atoms with Gasteiger partial charge in [-0.2, -0.15) is 0 Å². The Balaban J connectivity index is 3.11. The van der Waals surface area contributed by atoms with Crippen molar-refractivity contribution in [1.29, 1.82) is 0 Å². The highest BCUT2D eigenvalue weighted by Crippen LogP contribution is 2.25. The summed E-state index contributed by atoms with van der Waals surface area (Å²) in [5.41, 5.74) is 5.38. The Bertz CT molecular complexity index is 522. The number of nitrogens with one attached hydrogen (secondary N) is 1. The van der Waals surface area contributed by atoms with Gasteiger partial charge in [-0.15, -0.1) is 0 Å². The maximum Gasteiger partial charge on any atom is 0.251 e. The summed E-state index contributed by atoms with van der Waals surface area (Å²) in [6, 6.07) is 1.71. The first kappa shape index (κ1) is 14.3. The zero-order chi connectivity index (χ0) is 13.2. The molecule has 0 fully saturated rings. The summed E-state index contributed by atoms with van der Waals surface area (Å²) in [7, 11) is -4.33. The monoisotopic (exact) mass is 332 g/mol. The van der Waals surface area contributed by atoms with Gasteiger partial charge < -0.3 is 5.73 Å². The van der Waals surface area contributed by atoms with Crippen LogP contribution in [0.2, 0.25) is 0 Å². The highest BCUT2D eigenvalue weighted by Gasteiger charge is 2.21. The van der Waals surface area contributed by atoms with Crippen LogP contribution in [0.15, 0.2) is 21.5 Å². The van der Waals surface area contributed by atoms with E-state index in [1.54, 1.807) is 4.72 Å². The smallest absolute Gasteiger partial charge is 0.251 e. The molecule has 0 aliphatic heterocycles. The molecule has 0 aliphatic rings. The summed E-state index contributed by atoms with van der Waals surface area (Å²) in [4.78, 5) is -0.765. The summed E-state index contributed by atoms with van der Waals surface area (Å²) < 4.78 is 61.8. The number of sulfonamides is 1. The van der Waals surface area contributed by atoms with Crippen molar-refractivity contribution in [3.05, 3.63) is 22.4 Å². The van der Waals surface area contributed by atoms with Gasteiger partial charge >= 0.3 is 0 Å². The van der Waals surface area contributed by atoms with Crippen molar-refractivity contribution in [2.75, 3.05) is 12.3 Å². The number of hydrogen-bond donors (Lipinski definition) is 2. The van der Waals surface area contributed by atoms with Crippen LogP contribution in [0.25, 0.3) is 0 Å². The third-order valence-electron chi connectivity index (χ3n) is 1.77. The highest BCUT2D eigenvalue weighted by molar-refractivity contribution is 9.10. The second-order valence-electron chi connectivity index (χ2n) is 3.05. The molecule has 3 N–H and O–H groups in total. The lowest BCUT2D eigenvalue weighted by Crippen LogP contribution is -2.29. The van der Waals surface area contributed by atoms with Gasteiger partial charge in [-0.05, 0) is 28.1 Å². The second-order valence-corrected chi connectivity index (χ2v) is 5.64. The molecule has 0 bridgehead atoms. The zero-order valence-electron chi connectivity index (χ0n) is 8.25. The van der Waals surface area contributed by atoms with E-state index in [-0.39, 0.29) is 10.2 Å². The standard InChI is InChI=1S/C8H8BrF3N2O2S/c9-4-1-5(10)7(2-6(4)13)17(15,16)14-3-8(11)12/h1-2,8,14H,3,13H2. The molecule has 4 nitrogen and oxygen atoms in total. The van der Waals surface area contributed by atoms with Gasteiger partial charge in [-0.3, -0.25) is 0 Å². The van der Waals surface area contributed by atoms with E-state index in [0.29, 0.717) is 0 Å². The fourth-order valence-corrected chi connectivity index (χ4v) is 2.42. The Hall–Kier alpha value is -0.800. The molecule has 0 heterocycles. The molecule has 0 radical (unpaired) electrons. The normalized spacial score (nSPS) is 12.1. The summed E-state index contributed by atoms with van der Waals surface area (Å²) in [6.45, 7) is -1.09. The molecule has 1 aromatic rings. The van der Waals surface area contributed by atoms with Gasteiger partial charge in [-0.1, -0.05) is 0 Å². The average molecular weight is 333 g/mol. The van der Waals surface area contributed by atoms with Gasteiger partial charge in [0, 0.05) is 10.2 Å². The molecule has 9 heteroatoms. The van der Waals surface area contributed by atoms with Gasteiger partial charge in [0.05, 0.1) is 6.54 Å². The van der Waals surface area contributed by atoms with Crippen LogP contribution in [-0.2, 0) is 10.0 Å². The first-order valence-corrected chi connectivity index (χ1v) is 6.54. The van der Waals surface area contributed by atoms with E-state index in [0.717, 1.165) is 12.1 Å². The summed E-state index contributed by atoms with van der Waals surface area (Å²) >= 11 is 2.91. The second kappa shape index (κ2) is 5.23. The number of rotatable bonds is 4. The molecular weight excluding hydrogens is 325 g/mol. The first-order chi connectivity index (χ1) is 7.74. The van der Waals surface area contributed by atoms with Crippen LogP contribution >= 0.6 is 15.9 Å². The summed E-state index contributed by atoms with van der Waals surface area (Å²) in [6.07, 6.45) is -2.86. The zero-order valence-corrected chi connectivity index (χ0v) is 10.7. The van der Waals surface area contributed by atoms with Gasteiger partial charge in [0.2, 0.25) is 10.0 Å². The molecule has 0 atom stereocenters. The van der Waals surface area contributed by atoms with E-state index in [9.17, 15) is 21.6 Å². The molecule has 0 saturated heterocycles. The van der Waals surface area contributed by atoms with Crippen molar-refractivity contribution >= 4 is 31.6 Å². The van der Waals surface area contributed by atoms with Crippen molar-refractivity contribution in [2.24, 2.45) is 0 Å². The Labute approximate surface area is 104 Å². The third kappa shape index (κ3) is 3.58. The number of nitrogen functional groups attached to an aromatic ring is 1. The Morgan fingerprint density at radius 2 is 2.00 bits per heavy atom. The summed E-state index contributed by atoms with van der Waals surface area (Å²) in [5, 5.41) is 0. The number of benzene rings is 1. The van der Waals surface area contributed by atoms with Crippen molar-refractivity contribution in [2.45, 2.75) is 11.3 Å². The minimum absolute atomic E-state index is 0.0104. The number of hydrogen-bond acceptors (Lipinski definition) is 3. The largest absolute Gasteiger partial charge is 0.398 e. The van der Waals surface area contributed by atoms with Gasteiger partial charge in [-0.25, -0.2) is 26.3 Å². The van der Waals surface area contributed by atoms with Crippen LogP contribution in [0.3, 0.4) is 0 Å². The first-order valence-electron chi connectivity index (χ1n) is 4.26. The number of halogens is 4.